The van der Waals surface area contributed by atoms with Crippen molar-refractivity contribution in [3.8, 4) is 11.3 Å². The lowest BCUT2D eigenvalue weighted by atomic mass is 10.1. The minimum atomic E-state index is 0.528. The highest BCUT2D eigenvalue weighted by Gasteiger charge is 2.20. The Kier molecular flexibility index (Phi) is 7.58. The summed E-state index contributed by atoms with van der Waals surface area (Å²) in [5.74, 6) is 0. The maximum atomic E-state index is 4.87. The summed E-state index contributed by atoms with van der Waals surface area (Å²) < 4.78 is 0. The number of thioether (sulfide) groups is 3. The SMILES string of the molecule is CC(C)Sc1cnc(-c2ccccc2)c(SC(C)C)c1SC(C)C. The van der Waals surface area contributed by atoms with Gasteiger partial charge in [-0.25, -0.2) is 0 Å². The van der Waals surface area contributed by atoms with Gasteiger partial charge >= 0.3 is 0 Å². The third kappa shape index (κ3) is 5.47. The Morgan fingerprint density at radius 3 is 1.79 bits per heavy atom. The molecule has 4 heteroatoms. The van der Waals surface area contributed by atoms with Crippen LogP contribution in [0.15, 0.2) is 51.2 Å². The van der Waals surface area contributed by atoms with Crippen LogP contribution in [0.1, 0.15) is 41.5 Å². The molecule has 130 valence electrons. The normalized spacial score (nSPS) is 11.7. The van der Waals surface area contributed by atoms with Crippen molar-refractivity contribution in [3.05, 3.63) is 36.5 Å². The molecule has 0 bridgehead atoms. The first-order valence-electron chi connectivity index (χ1n) is 8.46. The molecule has 2 rings (SSSR count). The largest absolute Gasteiger partial charge is 0.254 e. The highest BCUT2D eigenvalue weighted by atomic mass is 32.2. The molecule has 0 aliphatic heterocycles. The van der Waals surface area contributed by atoms with Crippen molar-refractivity contribution in [3.63, 3.8) is 0 Å². The highest BCUT2D eigenvalue weighted by Crippen LogP contribution is 2.46. The molecule has 1 aromatic heterocycles. The first-order valence-corrected chi connectivity index (χ1v) is 11.1. The van der Waals surface area contributed by atoms with Crippen molar-refractivity contribution in [2.75, 3.05) is 0 Å². The molecule has 0 amide bonds. The molecule has 1 heterocycles. The van der Waals surface area contributed by atoms with E-state index in [4.69, 9.17) is 4.98 Å². The summed E-state index contributed by atoms with van der Waals surface area (Å²) in [4.78, 5) is 8.91. The quantitative estimate of drug-likeness (QED) is 0.471. The molecule has 2 aromatic rings. The zero-order chi connectivity index (χ0) is 17.7. The molecule has 0 N–H and O–H groups in total. The van der Waals surface area contributed by atoms with Crippen LogP contribution >= 0.6 is 35.3 Å². The molecule has 1 nitrogen and oxygen atoms in total. The maximum Gasteiger partial charge on any atom is 0.0850 e. The lowest BCUT2D eigenvalue weighted by Crippen LogP contribution is -2.00. The van der Waals surface area contributed by atoms with Crippen LogP contribution in [-0.4, -0.2) is 20.7 Å². The van der Waals surface area contributed by atoms with E-state index in [0.29, 0.717) is 15.7 Å². The Bertz CT molecular complexity index is 651. The van der Waals surface area contributed by atoms with E-state index in [1.54, 1.807) is 0 Å². The van der Waals surface area contributed by atoms with Crippen molar-refractivity contribution < 1.29 is 0 Å². The van der Waals surface area contributed by atoms with E-state index in [2.05, 4.69) is 78.1 Å². The molecule has 0 fully saturated rings. The molecule has 0 radical (unpaired) electrons. The molecule has 0 saturated carbocycles. The second kappa shape index (κ2) is 9.21. The summed E-state index contributed by atoms with van der Waals surface area (Å²) in [6.45, 7) is 13.5. The minimum Gasteiger partial charge on any atom is -0.254 e. The van der Waals surface area contributed by atoms with E-state index in [-0.39, 0.29) is 0 Å². The summed E-state index contributed by atoms with van der Waals surface area (Å²) in [5.41, 5.74) is 2.32. The van der Waals surface area contributed by atoms with Gasteiger partial charge in [-0.3, -0.25) is 4.98 Å². The van der Waals surface area contributed by atoms with E-state index < -0.39 is 0 Å². The molecular formula is C20H27NS3. The number of hydrogen-bond acceptors (Lipinski definition) is 4. The molecule has 0 aliphatic rings. The third-order valence-corrected chi connectivity index (χ3v) is 6.60. The van der Waals surface area contributed by atoms with Crippen LogP contribution in [0.4, 0.5) is 0 Å². The molecule has 0 unspecified atom stereocenters. The number of hydrogen-bond donors (Lipinski definition) is 0. The van der Waals surface area contributed by atoms with Gasteiger partial charge in [-0.1, -0.05) is 71.9 Å². The lowest BCUT2D eigenvalue weighted by Gasteiger charge is -2.20. The van der Waals surface area contributed by atoms with Gasteiger partial charge in [0.25, 0.3) is 0 Å². The molecule has 0 aliphatic carbocycles. The van der Waals surface area contributed by atoms with Crippen LogP contribution in [0.2, 0.25) is 0 Å². The van der Waals surface area contributed by atoms with E-state index >= 15 is 0 Å². The number of benzene rings is 1. The molecular weight excluding hydrogens is 350 g/mol. The predicted molar refractivity (Wildman–Crippen MR) is 113 cm³/mol. The van der Waals surface area contributed by atoms with E-state index in [1.807, 2.05) is 35.3 Å². The van der Waals surface area contributed by atoms with Crippen molar-refractivity contribution in [1.82, 2.24) is 4.98 Å². The maximum absolute atomic E-state index is 4.87. The molecule has 0 saturated heterocycles. The zero-order valence-electron chi connectivity index (χ0n) is 15.4. The van der Waals surface area contributed by atoms with Crippen LogP contribution in [-0.2, 0) is 0 Å². The van der Waals surface area contributed by atoms with E-state index in [9.17, 15) is 0 Å². The summed E-state index contributed by atoms with van der Waals surface area (Å²) >= 11 is 5.81. The highest BCUT2D eigenvalue weighted by molar-refractivity contribution is 8.04. The molecule has 0 spiro atoms. The Labute approximate surface area is 159 Å². The van der Waals surface area contributed by atoms with Gasteiger partial charge in [0.1, 0.15) is 0 Å². The standard InChI is InChI=1S/C20H27NS3/c1-13(2)22-17-12-21-18(16-10-8-7-9-11-16)20(24-15(5)6)19(17)23-14(3)4/h7-15H,1-6H3. The van der Waals surface area contributed by atoms with Gasteiger partial charge in [-0.15, -0.1) is 35.3 Å². The van der Waals surface area contributed by atoms with Gasteiger partial charge in [-0.2, -0.15) is 0 Å². The van der Waals surface area contributed by atoms with Crippen molar-refractivity contribution >= 4 is 35.3 Å². The van der Waals surface area contributed by atoms with Crippen LogP contribution < -0.4 is 0 Å². The van der Waals surface area contributed by atoms with Crippen molar-refractivity contribution in [2.24, 2.45) is 0 Å². The fourth-order valence-corrected chi connectivity index (χ4v) is 5.58. The van der Waals surface area contributed by atoms with Gasteiger partial charge in [0, 0.05) is 42.2 Å². The number of pyridine rings is 1. The van der Waals surface area contributed by atoms with Crippen LogP contribution in [0, 0.1) is 0 Å². The number of nitrogens with zero attached hydrogens (tertiary/aromatic N) is 1. The fourth-order valence-electron chi connectivity index (χ4n) is 2.29. The zero-order valence-corrected chi connectivity index (χ0v) is 17.8. The summed E-state index contributed by atoms with van der Waals surface area (Å²) in [7, 11) is 0. The second-order valence-electron chi connectivity index (χ2n) is 6.50. The van der Waals surface area contributed by atoms with Gasteiger partial charge in [0.2, 0.25) is 0 Å². The van der Waals surface area contributed by atoms with Crippen molar-refractivity contribution in [2.45, 2.75) is 72.0 Å². The summed E-state index contributed by atoms with van der Waals surface area (Å²) in [6.07, 6.45) is 2.07. The lowest BCUT2D eigenvalue weighted by molar-refractivity contribution is 0.995. The van der Waals surface area contributed by atoms with Gasteiger partial charge in [-0.05, 0) is 0 Å². The topological polar surface area (TPSA) is 12.9 Å². The fraction of sp³-hybridized carbons (Fsp3) is 0.450. The molecule has 1 aromatic carbocycles. The minimum absolute atomic E-state index is 0.528. The van der Waals surface area contributed by atoms with Crippen LogP contribution in [0.3, 0.4) is 0 Å². The Balaban J connectivity index is 2.62. The summed E-state index contributed by atoms with van der Waals surface area (Å²) in [6, 6.07) is 10.6. The Hall–Kier alpha value is -0.580. The Morgan fingerprint density at radius 1 is 0.708 bits per heavy atom. The average Bonchev–Trinajstić information content (AvgIpc) is 2.50. The number of rotatable bonds is 7. The van der Waals surface area contributed by atoms with E-state index in [0.717, 1.165) is 5.69 Å². The van der Waals surface area contributed by atoms with Gasteiger partial charge in [0.15, 0.2) is 0 Å². The first kappa shape index (κ1) is 19.7. The molecule has 24 heavy (non-hydrogen) atoms. The summed E-state index contributed by atoms with van der Waals surface area (Å²) in [5, 5.41) is 1.63. The van der Waals surface area contributed by atoms with Crippen molar-refractivity contribution in [1.29, 1.82) is 0 Å². The monoisotopic (exact) mass is 377 g/mol. The van der Waals surface area contributed by atoms with Crippen LogP contribution in [0.25, 0.3) is 11.3 Å². The van der Waals surface area contributed by atoms with E-state index in [1.165, 1.54) is 20.2 Å². The second-order valence-corrected chi connectivity index (χ2v) is 11.3. The first-order chi connectivity index (χ1) is 11.4. The smallest absolute Gasteiger partial charge is 0.0850 e. The average molecular weight is 378 g/mol. The third-order valence-electron chi connectivity index (χ3n) is 3.07. The number of aromatic nitrogens is 1. The van der Waals surface area contributed by atoms with Crippen LogP contribution in [0.5, 0.6) is 0 Å². The Morgan fingerprint density at radius 2 is 1.25 bits per heavy atom. The van der Waals surface area contributed by atoms with Gasteiger partial charge in [0.05, 0.1) is 5.69 Å². The molecule has 0 atom stereocenters. The predicted octanol–water partition coefficient (Wildman–Crippen LogP) is 7.25. The van der Waals surface area contributed by atoms with Gasteiger partial charge < -0.3 is 0 Å².